The van der Waals surface area contributed by atoms with Crippen LogP contribution in [0.15, 0.2) is 18.5 Å². The number of rotatable bonds is 2. The summed E-state index contributed by atoms with van der Waals surface area (Å²) in [5, 5.41) is 10.4. The smallest absolute Gasteiger partial charge is 0.382 e. The Balaban J connectivity index is 2.38. The van der Waals surface area contributed by atoms with Crippen molar-refractivity contribution in [3.8, 4) is 0 Å². The van der Waals surface area contributed by atoms with Crippen molar-refractivity contribution in [3.63, 3.8) is 0 Å². The molecule has 1 saturated carbocycles. The highest BCUT2D eigenvalue weighted by molar-refractivity contribution is 6.03. The Kier molecular flexibility index (Phi) is 4.13. The summed E-state index contributed by atoms with van der Waals surface area (Å²) in [5.74, 6) is -0.861. The Morgan fingerprint density at radius 3 is 2.35 bits per heavy atom. The zero-order valence-electron chi connectivity index (χ0n) is 10.9. The lowest BCUT2D eigenvalue weighted by Gasteiger charge is -2.26. The van der Waals surface area contributed by atoms with Crippen molar-refractivity contribution in [1.82, 2.24) is 4.98 Å². The van der Waals surface area contributed by atoms with Crippen LogP contribution in [0, 0.1) is 0 Å². The third-order valence-corrected chi connectivity index (χ3v) is 3.72. The van der Waals surface area contributed by atoms with Gasteiger partial charge in [0.05, 0.1) is 11.1 Å². The van der Waals surface area contributed by atoms with E-state index in [1.807, 2.05) is 0 Å². The third-order valence-electron chi connectivity index (χ3n) is 3.72. The van der Waals surface area contributed by atoms with Crippen LogP contribution in [-0.2, 0) is 6.18 Å². The van der Waals surface area contributed by atoms with E-state index in [0.29, 0.717) is 12.8 Å². The van der Waals surface area contributed by atoms with Gasteiger partial charge < -0.3 is 5.11 Å². The molecule has 1 heterocycles. The summed E-state index contributed by atoms with van der Waals surface area (Å²) in [6.07, 6.45) is 0.729. The van der Waals surface area contributed by atoms with Crippen molar-refractivity contribution in [2.75, 3.05) is 0 Å². The van der Waals surface area contributed by atoms with Crippen LogP contribution in [0.25, 0.3) is 0 Å². The molecular formula is C14H16F3NO2. The summed E-state index contributed by atoms with van der Waals surface area (Å²) >= 11 is 0. The predicted octanol–water partition coefficient (Wildman–Crippen LogP) is 3.37. The fourth-order valence-corrected chi connectivity index (χ4v) is 2.61. The first-order valence-corrected chi connectivity index (χ1v) is 6.63. The third kappa shape index (κ3) is 3.00. The van der Waals surface area contributed by atoms with Crippen molar-refractivity contribution < 1.29 is 23.1 Å². The Morgan fingerprint density at radius 1 is 1.20 bits per heavy atom. The molecule has 2 rings (SSSR count). The van der Waals surface area contributed by atoms with E-state index in [1.165, 1.54) is 0 Å². The van der Waals surface area contributed by atoms with Gasteiger partial charge in [-0.05, 0) is 18.9 Å². The number of Topliss-reactive ketones (excluding diaryl/α,β-unsaturated/α-hetero) is 1. The molecule has 1 aromatic rings. The second kappa shape index (κ2) is 5.52. The summed E-state index contributed by atoms with van der Waals surface area (Å²) < 4.78 is 38.8. The molecule has 0 unspecified atom stereocenters. The number of hydrogen-bond donors (Lipinski definition) is 1. The average Bonchev–Trinajstić information content (AvgIpc) is 2.63. The molecule has 0 spiro atoms. The number of nitrogens with zero attached hydrogens (tertiary/aromatic N) is 1. The van der Waals surface area contributed by atoms with Gasteiger partial charge in [-0.1, -0.05) is 25.7 Å². The topological polar surface area (TPSA) is 50.2 Å². The van der Waals surface area contributed by atoms with Gasteiger partial charge in [-0.25, -0.2) is 0 Å². The van der Waals surface area contributed by atoms with E-state index in [1.54, 1.807) is 0 Å². The molecule has 0 aromatic carbocycles. The van der Waals surface area contributed by atoms with Gasteiger partial charge >= 0.3 is 6.18 Å². The van der Waals surface area contributed by atoms with Gasteiger partial charge in [0.2, 0.25) is 0 Å². The summed E-state index contributed by atoms with van der Waals surface area (Å²) in [6, 6.07) is 0.771. The zero-order chi connectivity index (χ0) is 14.8. The molecule has 1 aliphatic carbocycles. The van der Waals surface area contributed by atoms with Gasteiger partial charge in [0.1, 0.15) is 5.60 Å². The van der Waals surface area contributed by atoms with Crippen LogP contribution >= 0.6 is 0 Å². The molecule has 1 aromatic heterocycles. The molecule has 0 radical (unpaired) electrons. The number of aromatic nitrogens is 1. The Morgan fingerprint density at radius 2 is 1.80 bits per heavy atom. The quantitative estimate of drug-likeness (QED) is 0.670. The van der Waals surface area contributed by atoms with Crippen molar-refractivity contribution in [1.29, 1.82) is 0 Å². The zero-order valence-corrected chi connectivity index (χ0v) is 10.9. The van der Waals surface area contributed by atoms with Gasteiger partial charge in [-0.15, -0.1) is 0 Å². The summed E-state index contributed by atoms with van der Waals surface area (Å²) in [6.45, 7) is 0. The van der Waals surface area contributed by atoms with Crippen LogP contribution in [0.2, 0.25) is 0 Å². The minimum Gasteiger partial charge on any atom is -0.382 e. The fourth-order valence-electron chi connectivity index (χ4n) is 2.61. The molecular weight excluding hydrogens is 271 g/mol. The van der Waals surface area contributed by atoms with Crippen LogP contribution in [-0.4, -0.2) is 21.5 Å². The van der Waals surface area contributed by atoms with Crippen molar-refractivity contribution >= 4 is 5.78 Å². The highest BCUT2D eigenvalue weighted by Gasteiger charge is 2.42. The molecule has 0 amide bonds. The molecule has 0 atom stereocenters. The molecule has 3 nitrogen and oxygen atoms in total. The maximum absolute atomic E-state index is 12.9. The van der Waals surface area contributed by atoms with E-state index in [4.69, 9.17) is 0 Å². The van der Waals surface area contributed by atoms with Gasteiger partial charge in [0.15, 0.2) is 5.78 Å². The summed E-state index contributed by atoms with van der Waals surface area (Å²) in [7, 11) is 0. The Bertz CT molecular complexity index is 491. The number of halogens is 3. The largest absolute Gasteiger partial charge is 0.417 e. The van der Waals surface area contributed by atoms with E-state index in [-0.39, 0.29) is 12.8 Å². The van der Waals surface area contributed by atoms with Crippen molar-refractivity contribution in [3.05, 3.63) is 29.6 Å². The maximum atomic E-state index is 12.9. The summed E-state index contributed by atoms with van der Waals surface area (Å²) in [4.78, 5) is 15.9. The van der Waals surface area contributed by atoms with Gasteiger partial charge in [-0.2, -0.15) is 13.2 Å². The van der Waals surface area contributed by atoms with Crippen LogP contribution in [0.5, 0.6) is 0 Å². The number of pyridine rings is 1. The van der Waals surface area contributed by atoms with Crippen molar-refractivity contribution in [2.24, 2.45) is 0 Å². The first-order valence-electron chi connectivity index (χ1n) is 6.63. The second-order valence-corrected chi connectivity index (χ2v) is 5.19. The van der Waals surface area contributed by atoms with E-state index in [0.717, 1.165) is 31.3 Å². The van der Waals surface area contributed by atoms with Gasteiger partial charge in [-0.3, -0.25) is 9.78 Å². The standard InChI is InChI=1S/C14H16F3NO2/c15-14(16,17)11-5-8-18-9-10(11)12(19)13(20)6-3-1-2-4-7-13/h5,8-9,20H,1-4,6-7H2. The highest BCUT2D eigenvalue weighted by Crippen LogP contribution is 2.36. The molecule has 1 fully saturated rings. The Labute approximate surface area is 114 Å². The molecule has 1 N–H and O–H groups in total. The number of carbonyl (C=O) groups is 1. The van der Waals surface area contributed by atoms with E-state index < -0.39 is 28.7 Å². The van der Waals surface area contributed by atoms with Gasteiger partial charge in [0, 0.05) is 12.4 Å². The van der Waals surface area contributed by atoms with E-state index in [2.05, 4.69) is 4.98 Å². The molecule has 0 bridgehead atoms. The minimum atomic E-state index is -4.63. The van der Waals surface area contributed by atoms with Crippen LogP contribution in [0.1, 0.15) is 54.4 Å². The lowest BCUT2D eigenvalue weighted by Crippen LogP contribution is -2.39. The molecule has 0 saturated heterocycles. The van der Waals surface area contributed by atoms with Crippen LogP contribution in [0.4, 0.5) is 13.2 Å². The summed E-state index contributed by atoms with van der Waals surface area (Å²) in [5.41, 5.74) is -3.26. The van der Waals surface area contributed by atoms with Crippen LogP contribution < -0.4 is 0 Å². The predicted molar refractivity (Wildman–Crippen MR) is 66.2 cm³/mol. The van der Waals surface area contributed by atoms with Crippen molar-refractivity contribution in [2.45, 2.75) is 50.3 Å². The first-order chi connectivity index (χ1) is 9.34. The normalized spacial score (nSPS) is 19.4. The number of hydrogen-bond acceptors (Lipinski definition) is 3. The fraction of sp³-hybridized carbons (Fsp3) is 0.571. The first kappa shape index (κ1) is 15.0. The SMILES string of the molecule is O=C(c1cnccc1C(F)(F)F)C1(O)CCCCCC1. The lowest BCUT2D eigenvalue weighted by molar-refractivity contribution is -0.138. The molecule has 6 heteroatoms. The number of carbonyl (C=O) groups excluding carboxylic acids is 1. The maximum Gasteiger partial charge on any atom is 0.417 e. The second-order valence-electron chi connectivity index (χ2n) is 5.19. The van der Waals surface area contributed by atoms with E-state index in [9.17, 15) is 23.1 Å². The minimum absolute atomic E-state index is 0.206. The van der Waals surface area contributed by atoms with Gasteiger partial charge in [0.25, 0.3) is 0 Å². The average molecular weight is 287 g/mol. The molecule has 110 valence electrons. The lowest BCUT2D eigenvalue weighted by atomic mass is 9.85. The van der Waals surface area contributed by atoms with E-state index >= 15 is 0 Å². The molecule has 1 aliphatic rings. The molecule has 0 aliphatic heterocycles. The Hall–Kier alpha value is -1.43. The number of ketones is 1. The highest BCUT2D eigenvalue weighted by atomic mass is 19.4. The van der Waals surface area contributed by atoms with Crippen LogP contribution in [0.3, 0.4) is 0 Å². The molecule has 20 heavy (non-hydrogen) atoms. The number of aliphatic hydroxyl groups is 1. The monoisotopic (exact) mass is 287 g/mol. The number of alkyl halides is 3.